The molecule has 0 bridgehead atoms. The molecule has 0 amide bonds. The van der Waals surface area contributed by atoms with Crippen LogP contribution >= 0.6 is 0 Å². The molecule has 4 nitrogen and oxygen atoms in total. The van der Waals surface area contributed by atoms with Gasteiger partial charge in [0.15, 0.2) is 5.75 Å². The summed E-state index contributed by atoms with van der Waals surface area (Å²) in [5.74, 6) is 0.714. The Morgan fingerprint density at radius 2 is 2.12 bits per heavy atom. The molecule has 1 N–H and O–H groups in total. The summed E-state index contributed by atoms with van der Waals surface area (Å²) >= 11 is 0. The van der Waals surface area contributed by atoms with E-state index in [1.807, 2.05) is 11.6 Å². The van der Waals surface area contributed by atoms with Crippen LogP contribution < -0.4 is 4.74 Å². The van der Waals surface area contributed by atoms with Gasteiger partial charge < -0.3 is 9.84 Å². The smallest absolute Gasteiger partial charge is 0.162 e. The van der Waals surface area contributed by atoms with Crippen LogP contribution in [0.4, 0.5) is 0 Å². The molecule has 1 aliphatic carbocycles. The Morgan fingerprint density at radius 3 is 2.69 bits per heavy atom. The van der Waals surface area contributed by atoms with Crippen LogP contribution in [-0.4, -0.2) is 22.0 Å². The summed E-state index contributed by atoms with van der Waals surface area (Å²) in [5, 5.41) is 15.0. The van der Waals surface area contributed by atoms with Crippen LogP contribution in [0, 0.1) is 0 Å². The number of ether oxygens (including phenoxy) is 1. The van der Waals surface area contributed by atoms with Crippen molar-refractivity contribution >= 4 is 0 Å². The molecular weight excluding hydrogens is 204 g/mol. The number of aromatic nitrogens is 2. The third-order valence-electron chi connectivity index (χ3n) is 3.45. The number of rotatable bonds is 3. The average molecular weight is 224 g/mol. The fourth-order valence-electron chi connectivity index (χ4n) is 2.60. The minimum absolute atomic E-state index is 0.714. The van der Waals surface area contributed by atoms with Crippen LogP contribution in [0.25, 0.3) is 0 Å². The van der Waals surface area contributed by atoms with Crippen molar-refractivity contribution in [2.45, 2.75) is 51.2 Å². The summed E-state index contributed by atoms with van der Waals surface area (Å²) < 4.78 is 7.15. The first-order chi connectivity index (χ1) is 7.71. The highest BCUT2D eigenvalue weighted by Crippen LogP contribution is 2.40. The third-order valence-corrected chi connectivity index (χ3v) is 3.45. The molecule has 0 unspecified atom stereocenters. The molecule has 16 heavy (non-hydrogen) atoms. The molecule has 0 saturated heterocycles. The monoisotopic (exact) mass is 224 g/mol. The first-order valence-corrected chi connectivity index (χ1v) is 6.04. The molecule has 2 rings (SSSR count). The van der Waals surface area contributed by atoms with E-state index < -0.39 is 5.60 Å². The highest BCUT2D eigenvalue weighted by molar-refractivity contribution is 5.31. The number of hydrogen-bond donors (Lipinski definition) is 1. The molecule has 0 aromatic carbocycles. The lowest BCUT2D eigenvalue weighted by Gasteiger charge is -2.32. The van der Waals surface area contributed by atoms with Crippen LogP contribution in [0.5, 0.6) is 5.75 Å². The Bertz CT molecular complexity index is 332. The molecule has 0 aliphatic heterocycles. The summed E-state index contributed by atoms with van der Waals surface area (Å²) in [6.07, 6.45) is 6.70. The molecule has 1 aromatic heterocycles. The molecule has 0 spiro atoms. The molecule has 1 heterocycles. The Hall–Kier alpha value is -1.03. The Morgan fingerprint density at radius 1 is 1.44 bits per heavy atom. The minimum Gasteiger partial charge on any atom is -0.493 e. The van der Waals surface area contributed by atoms with Crippen molar-refractivity contribution in [3.8, 4) is 5.75 Å². The van der Waals surface area contributed by atoms with Crippen LogP contribution in [0.2, 0.25) is 0 Å². The fourth-order valence-corrected chi connectivity index (χ4v) is 2.60. The summed E-state index contributed by atoms with van der Waals surface area (Å²) in [6.45, 7) is 2.79. The van der Waals surface area contributed by atoms with Gasteiger partial charge in [-0.2, -0.15) is 5.10 Å². The van der Waals surface area contributed by atoms with E-state index in [9.17, 15) is 5.11 Å². The van der Waals surface area contributed by atoms with E-state index in [0.29, 0.717) is 5.75 Å². The lowest BCUT2D eigenvalue weighted by molar-refractivity contribution is -0.0106. The van der Waals surface area contributed by atoms with Gasteiger partial charge in [-0.05, 0) is 19.8 Å². The minimum atomic E-state index is -0.740. The Balaban J connectivity index is 2.39. The number of aryl methyl sites for hydroxylation is 1. The lowest BCUT2D eigenvalue weighted by atomic mass is 9.82. The SMILES string of the molecule is CCn1ncc(OC)c1C1(O)CCCCC1. The maximum Gasteiger partial charge on any atom is 0.162 e. The summed E-state index contributed by atoms with van der Waals surface area (Å²) in [6, 6.07) is 0. The van der Waals surface area contributed by atoms with Gasteiger partial charge in [0.2, 0.25) is 0 Å². The summed E-state index contributed by atoms with van der Waals surface area (Å²) in [4.78, 5) is 0. The predicted octanol–water partition coefficient (Wildman–Crippen LogP) is 2.06. The second-order valence-corrected chi connectivity index (χ2v) is 4.47. The number of aliphatic hydroxyl groups is 1. The van der Waals surface area contributed by atoms with Crippen molar-refractivity contribution in [3.05, 3.63) is 11.9 Å². The normalized spacial score (nSPS) is 19.7. The Kier molecular flexibility index (Phi) is 3.19. The molecule has 1 fully saturated rings. The topological polar surface area (TPSA) is 47.3 Å². The van der Waals surface area contributed by atoms with E-state index in [2.05, 4.69) is 5.10 Å². The molecule has 1 aromatic rings. The van der Waals surface area contributed by atoms with Crippen molar-refractivity contribution < 1.29 is 9.84 Å². The van der Waals surface area contributed by atoms with E-state index >= 15 is 0 Å². The van der Waals surface area contributed by atoms with Gasteiger partial charge in [0, 0.05) is 6.54 Å². The number of methoxy groups -OCH3 is 1. The third kappa shape index (κ3) is 1.82. The van der Waals surface area contributed by atoms with Crippen LogP contribution in [-0.2, 0) is 12.1 Å². The quantitative estimate of drug-likeness (QED) is 0.855. The Labute approximate surface area is 96.2 Å². The van der Waals surface area contributed by atoms with Crippen LogP contribution in [0.1, 0.15) is 44.7 Å². The summed E-state index contributed by atoms with van der Waals surface area (Å²) in [5.41, 5.74) is 0.119. The zero-order valence-electron chi connectivity index (χ0n) is 10.1. The van der Waals surface area contributed by atoms with Crippen LogP contribution in [0.15, 0.2) is 6.20 Å². The largest absolute Gasteiger partial charge is 0.493 e. The van der Waals surface area contributed by atoms with E-state index in [1.165, 1.54) is 6.42 Å². The van der Waals surface area contributed by atoms with Crippen LogP contribution in [0.3, 0.4) is 0 Å². The maximum atomic E-state index is 10.7. The second kappa shape index (κ2) is 4.45. The molecule has 0 atom stereocenters. The van der Waals surface area contributed by atoms with Gasteiger partial charge in [0.1, 0.15) is 11.3 Å². The van der Waals surface area contributed by atoms with Gasteiger partial charge in [0.05, 0.1) is 13.3 Å². The molecule has 0 radical (unpaired) electrons. The van der Waals surface area contributed by atoms with E-state index in [4.69, 9.17) is 4.74 Å². The van der Waals surface area contributed by atoms with Crippen molar-refractivity contribution in [3.63, 3.8) is 0 Å². The van der Waals surface area contributed by atoms with Crippen molar-refractivity contribution in [1.29, 1.82) is 0 Å². The van der Waals surface area contributed by atoms with Gasteiger partial charge in [0.25, 0.3) is 0 Å². The molecule has 1 saturated carbocycles. The van der Waals surface area contributed by atoms with Crippen molar-refractivity contribution in [2.24, 2.45) is 0 Å². The van der Waals surface area contributed by atoms with Gasteiger partial charge in [-0.1, -0.05) is 19.3 Å². The lowest BCUT2D eigenvalue weighted by Crippen LogP contribution is -2.31. The van der Waals surface area contributed by atoms with E-state index in [0.717, 1.165) is 37.9 Å². The van der Waals surface area contributed by atoms with Crippen molar-refractivity contribution in [1.82, 2.24) is 9.78 Å². The highest BCUT2D eigenvalue weighted by atomic mass is 16.5. The molecule has 1 aliphatic rings. The predicted molar refractivity (Wildman–Crippen MR) is 61.4 cm³/mol. The first-order valence-electron chi connectivity index (χ1n) is 6.04. The molecule has 4 heteroatoms. The standard InChI is InChI=1S/C12H20N2O2/c1-3-14-11(10(16-2)9-13-14)12(15)7-5-4-6-8-12/h9,15H,3-8H2,1-2H3. The molecule has 90 valence electrons. The second-order valence-electron chi connectivity index (χ2n) is 4.47. The zero-order valence-corrected chi connectivity index (χ0v) is 10.1. The van der Waals surface area contributed by atoms with Gasteiger partial charge in [-0.25, -0.2) is 0 Å². The first kappa shape index (κ1) is 11.5. The number of nitrogens with zero attached hydrogens (tertiary/aromatic N) is 2. The van der Waals surface area contributed by atoms with E-state index in [-0.39, 0.29) is 0 Å². The zero-order chi connectivity index (χ0) is 11.6. The van der Waals surface area contributed by atoms with Gasteiger partial charge in [-0.3, -0.25) is 4.68 Å². The maximum absolute atomic E-state index is 10.7. The molecular formula is C12H20N2O2. The van der Waals surface area contributed by atoms with Gasteiger partial charge in [-0.15, -0.1) is 0 Å². The summed E-state index contributed by atoms with van der Waals surface area (Å²) in [7, 11) is 1.63. The van der Waals surface area contributed by atoms with Crippen molar-refractivity contribution in [2.75, 3.05) is 7.11 Å². The fraction of sp³-hybridized carbons (Fsp3) is 0.750. The van der Waals surface area contributed by atoms with Gasteiger partial charge >= 0.3 is 0 Å². The number of hydrogen-bond acceptors (Lipinski definition) is 3. The van der Waals surface area contributed by atoms with E-state index in [1.54, 1.807) is 13.3 Å². The highest BCUT2D eigenvalue weighted by Gasteiger charge is 2.37. The average Bonchev–Trinajstić information content (AvgIpc) is 2.73.